The van der Waals surface area contributed by atoms with Crippen LogP contribution < -0.4 is 10.1 Å². The molecule has 0 aliphatic heterocycles. The Bertz CT molecular complexity index is 641. The monoisotopic (exact) mass is 286 g/mol. The second kappa shape index (κ2) is 6.74. The van der Waals surface area contributed by atoms with E-state index in [1.54, 1.807) is 12.1 Å². The van der Waals surface area contributed by atoms with E-state index < -0.39 is 5.97 Å². The van der Waals surface area contributed by atoms with Crippen molar-refractivity contribution in [3.63, 3.8) is 0 Å². The van der Waals surface area contributed by atoms with Gasteiger partial charge < -0.3 is 14.8 Å². The Balaban J connectivity index is 2.38. The SMILES string of the molecule is CCc1cccc(Nc2nc(OC)ccc2C(=O)OC)c1. The van der Waals surface area contributed by atoms with Crippen LogP contribution in [-0.2, 0) is 11.2 Å². The Kier molecular flexibility index (Phi) is 4.77. The fourth-order valence-electron chi connectivity index (χ4n) is 1.93. The van der Waals surface area contributed by atoms with E-state index in [1.165, 1.54) is 19.8 Å². The summed E-state index contributed by atoms with van der Waals surface area (Å²) in [5, 5.41) is 3.15. The second-order valence-electron chi connectivity index (χ2n) is 4.42. The van der Waals surface area contributed by atoms with Gasteiger partial charge in [0.2, 0.25) is 5.88 Å². The lowest BCUT2D eigenvalue weighted by Crippen LogP contribution is -2.08. The largest absolute Gasteiger partial charge is 0.481 e. The molecule has 1 aromatic heterocycles. The maximum absolute atomic E-state index is 11.8. The maximum atomic E-state index is 11.8. The van der Waals surface area contributed by atoms with Crippen molar-refractivity contribution >= 4 is 17.5 Å². The number of rotatable bonds is 5. The molecule has 0 saturated heterocycles. The van der Waals surface area contributed by atoms with Gasteiger partial charge in [-0.05, 0) is 30.2 Å². The lowest BCUT2D eigenvalue weighted by molar-refractivity contribution is 0.0601. The van der Waals surface area contributed by atoms with Crippen LogP contribution in [0.2, 0.25) is 0 Å². The van der Waals surface area contributed by atoms with Gasteiger partial charge in [0.05, 0.1) is 14.2 Å². The number of aromatic nitrogens is 1. The highest BCUT2D eigenvalue weighted by molar-refractivity contribution is 5.95. The number of esters is 1. The number of nitrogens with zero attached hydrogens (tertiary/aromatic N) is 1. The van der Waals surface area contributed by atoms with Gasteiger partial charge in [-0.15, -0.1) is 0 Å². The number of anilines is 2. The molecule has 5 nitrogen and oxygen atoms in total. The van der Waals surface area contributed by atoms with Gasteiger partial charge in [0, 0.05) is 11.8 Å². The third kappa shape index (κ3) is 3.51. The number of benzene rings is 1. The van der Waals surface area contributed by atoms with Gasteiger partial charge in [-0.1, -0.05) is 19.1 Å². The second-order valence-corrected chi connectivity index (χ2v) is 4.42. The van der Waals surface area contributed by atoms with Gasteiger partial charge in [0.25, 0.3) is 0 Å². The number of nitrogens with one attached hydrogen (secondary N) is 1. The molecular formula is C16H18N2O3. The van der Waals surface area contributed by atoms with Crippen LogP contribution in [0.3, 0.4) is 0 Å². The molecule has 2 rings (SSSR count). The molecule has 0 aliphatic rings. The van der Waals surface area contributed by atoms with Crippen molar-refractivity contribution in [2.75, 3.05) is 19.5 Å². The zero-order valence-electron chi connectivity index (χ0n) is 12.3. The highest BCUT2D eigenvalue weighted by atomic mass is 16.5. The summed E-state index contributed by atoms with van der Waals surface area (Å²) in [5.74, 6) is 0.394. The van der Waals surface area contributed by atoms with Gasteiger partial charge in [0.15, 0.2) is 0 Å². The van der Waals surface area contributed by atoms with E-state index in [9.17, 15) is 4.79 Å². The molecule has 1 N–H and O–H groups in total. The number of ether oxygens (including phenoxy) is 2. The smallest absolute Gasteiger partial charge is 0.341 e. The van der Waals surface area contributed by atoms with Crippen LogP contribution in [-0.4, -0.2) is 25.2 Å². The minimum Gasteiger partial charge on any atom is -0.481 e. The van der Waals surface area contributed by atoms with Crippen molar-refractivity contribution in [2.45, 2.75) is 13.3 Å². The third-order valence-electron chi connectivity index (χ3n) is 3.08. The highest BCUT2D eigenvalue weighted by Crippen LogP contribution is 2.23. The Morgan fingerprint density at radius 2 is 2.05 bits per heavy atom. The molecule has 0 radical (unpaired) electrons. The van der Waals surface area contributed by atoms with Crippen LogP contribution >= 0.6 is 0 Å². The molecule has 5 heteroatoms. The standard InChI is InChI=1S/C16H18N2O3/c1-4-11-6-5-7-12(10-11)17-15-13(16(19)21-3)8-9-14(18-15)20-2/h5-10H,4H2,1-3H3,(H,17,18). The summed E-state index contributed by atoms with van der Waals surface area (Å²) < 4.78 is 9.88. The van der Waals surface area contributed by atoms with E-state index in [4.69, 9.17) is 9.47 Å². The average Bonchev–Trinajstić information content (AvgIpc) is 2.54. The van der Waals surface area contributed by atoms with Gasteiger partial charge >= 0.3 is 5.97 Å². The van der Waals surface area contributed by atoms with Gasteiger partial charge in [-0.25, -0.2) is 4.79 Å². The fraction of sp³-hybridized carbons (Fsp3) is 0.250. The molecule has 21 heavy (non-hydrogen) atoms. The summed E-state index contributed by atoms with van der Waals surface area (Å²) in [4.78, 5) is 16.1. The minimum atomic E-state index is -0.445. The zero-order valence-corrected chi connectivity index (χ0v) is 12.3. The normalized spacial score (nSPS) is 10.0. The summed E-state index contributed by atoms with van der Waals surface area (Å²) in [5.41, 5.74) is 2.42. The number of aryl methyl sites for hydroxylation is 1. The van der Waals surface area contributed by atoms with Crippen LogP contribution in [0.4, 0.5) is 11.5 Å². The quantitative estimate of drug-likeness (QED) is 0.855. The highest BCUT2D eigenvalue weighted by Gasteiger charge is 2.14. The fourth-order valence-corrected chi connectivity index (χ4v) is 1.93. The molecule has 0 atom stereocenters. The topological polar surface area (TPSA) is 60.5 Å². The van der Waals surface area contributed by atoms with E-state index in [2.05, 4.69) is 17.2 Å². The summed E-state index contributed by atoms with van der Waals surface area (Å²) >= 11 is 0. The van der Waals surface area contributed by atoms with Gasteiger partial charge in [-0.3, -0.25) is 0 Å². The van der Waals surface area contributed by atoms with E-state index >= 15 is 0 Å². The van der Waals surface area contributed by atoms with Crippen LogP contribution in [0.25, 0.3) is 0 Å². The van der Waals surface area contributed by atoms with E-state index in [1.807, 2.05) is 24.3 Å². The molecule has 0 fully saturated rings. The summed E-state index contributed by atoms with van der Waals surface area (Å²) in [6.07, 6.45) is 0.935. The first kappa shape index (κ1) is 14.8. The molecule has 0 spiro atoms. The maximum Gasteiger partial charge on any atom is 0.341 e. The lowest BCUT2D eigenvalue weighted by Gasteiger charge is -2.12. The molecule has 0 amide bonds. The van der Waals surface area contributed by atoms with Crippen molar-refractivity contribution in [3.05, 3.63) is 47.5 Å². The molecule has 1 heterocycles. The Hall–Kier alpha value is -2.56. The third-order valence-corrected chi connectivity index (χ3v) is 3.08. The molecule has 0 aliphatic carbocycles. The van der Waals surface area contributed by atoms with E-state index in [0.29, 0.717) is 17.3 Å². The Morgan fingerprint density at radius 3 is 2.71 bits per heavy atom. The molecule has 110 valence electrons. The molecule has 2 aromatic rings. The molecular weight excluding hydrogens is 268 g/mol. The van der Waals surface area contributed by atoms with Crippen molar-refractivity contribution in [3.8, 4) is 5.88 Å². The summed E-state index contributed by atoms with van der Waals surface area (Å²) in [6, 6.07) is 11.2. The molecule has 0 saturated carbocycles. The number of hydrogen-bond acceptors (Lipinski definition) is 5. The summed E-state index contributed by atoms with van der Waals surface area (Å²) in [7, 11) is 2.87. The zero-order chi connectivity index (χ0) is 15.2. The summed E-state index contributed by atoms with van der Waals surface area (Å²) in [6.45, 7) is 2.09. The average molecular weight is 286 g/mol. The van der Waals surface area contributed by atoms with Crippen molar-refractivity contribution in [1.82, 2.24) is 4.98 Å². The van der Waals surface area contributed by atoms with Crippen LogP contribution in [0.1, 0.15) is 22.8 Å². The minimum absolute atomic E-state index is 0.361. The number of methoxy groups -OCH3 is 2. The van der Waals surface area contributed by atoms with Crippen LogP contribution in [0.15, 0.2) is 36.4 Å². The molecule has 0 bridgehead atoms. The van der Waals surface area contributed by atoms with Crippen molar-refractivity contribution in [1.29, 1.82) is 0 Å². The first-order chi connectivity index (χ1) is 10.2. The number of pyridine rings is 1. The van der Waals surface area contributed by atoms with Crippen molar-refractivity contribution in [2.24, 2.45) is 0 Å². The van der Waals surface area contributed by atoms with Crippen LogP contribution in [0.5, 0.6) is 5.88 Å². The first-order valence-electron chi connectivity index (χ1n) is 6.67. The number of carbonyl (C=O) groups is 1. The van der Waals surface area contributed by atoms with Crippen LogP contribution in [0, 0.1) is 0 Å². The Morgan fingerprint density at radius 1 is 1.24 bits per heavy atom. The van der Waals surface area contributed by atoms with Gasteiger partial charge in [0.1, 0.15) is 11.4 Å². The predicted molar refractivity (Wildman–Crippen MR) is 81.2 cm³/mol. The van der Waals surface area contributed by atoms with E-state index in [0.717, 1.165) is 12.1 Å². The number of carbonyl (C=O) groups excluding carboxylic acids is 1. The van der Waals surface area contributed by atoms with Crippen molar-refractivity contribution < 1.29 is 14.3 Å². The molecule has 0 unspecified atom stereocenters. The molecule has 1 aromatic carbocycles. The number of hydrogen-bond donors (Lipinski definition) is 1. The predicted octanol–water partition coefficient (Wildman–Crippen LogP) is 3.18. The lowest BCUT2D eigenvalue weighted by atomic mass is 10.1. The Labute approximate surface area is 123 Å². The van der Waals surface area contributed by atoms with Gasteiger partial charge in [-0.2, -0.15) is 4.98 Å². The van der Waals surface area contributed by atoms with E-state index in [-0.39, 0.29) is 0 Å². The first-order valence-corrected chi connectivity index (χ1v) is 6.67.